The van der Waals surface area contributed by atoms with E-state index in [2.05, 4.69) is 50.2 Å². The van der Waals surface area contributed by atoms with Crippen LogP contribution >= 0.6 is 11.3 Å². The first kappa shape index (κ1) is 11.9. The zero-order valence-corrected chi connectivity index (χ0v) is 11.7. The number of nitrogens with two attached hydrogens (primary N) is 1. The summed E-state index contributed by atoms with van der Waals surface area (Å²) < 4.78 is 0. The zero-order chi connectivity index (χ0) is 12.7. The summed E-state index contributed by atoms with van der Waals surface area (Å²) in [5, 5.41) is 0. The Hall–Kier alpha value is -1.12. The predicted octanol–water partition coefficient (Wildman–Crippen LogP) is 4.17. The third-order valence-corrected chi connectivity index (χ3v) is 5.16. The molecule has 1 fully saturated rings. The second-order valence-corrected chi connectivity index (χ2v) is 6.63. The van der Waals surface area contributed by atoms with Crippen LogP contribution in [-0.4, -0.2) is 0 Å². The average molecular weight is 257 g/mol. The van der Waals surface area contributed by atoms with Gasteiger partial charge in [-0.3, -0.25) is 0 Å². The van der Waals surface area contributed by atoms with Crippen molar-refractivity contribution < 1.29 is 0 Å². The van der Waals surface area contributed by atoms with Crippen molar-refractivity contribution >= 4 is 11.3 Å². The highest BCUT2D eigenvalue weighted by Gasteiger charge is 2.43. The van der Waals surface area contributed by atoms with Crippen molar-refractivity contribution in [2.75, 3.05) is 0 Å². The van der Waals surface area contributed by atoms with Crippen LogP contribution in [0.3, 0.4) is 0 Å². The van der Waals surface area contributed by atoms with Crippen LogP contribution in [0.1, 0.15) is 39.3 Å². The Morgan fingerprint density at radius 1 is 1.22 bits per heavy atom. The maximum absolute atomic E-state index is 6.45. The van der Waals surface area contributed by atoms with E-state index in [9.17, 15) is 0 Å². The quantitative estimate of drug-likeness (QED) is 0.877. The minimum atomic E-state index is 0.217. The topological polar surface area (TPSA) is 26.0 Å². The van der Waals surface area contributed by atoms with Gasteiger partial charge in [-0.15, -0.1) is 11.3 Å². The first-order valence-corrected chi connectivity index (χ1v) is 7.36. The molecular weight excluding hydrogens is 238 g/mol. The summed E-state index contributed by atoms with van der Waals surface area (Å²) in [6, 6.07) is 13.2. The Kier molecular flexibility index (Phi) is 3.00. The summed E-state index contributed by atoms with van der Waals surface area (Å²) in [4.78, 5) is 2.76. The van der Waals surface area contributed by atoms with E-state index < -0.39 is 0 Å². The van der Waals surface area contributed by atoms with E-state index in [4.69, 9.17) is 5.73 Å². The first-order valence-electron chi connectivity index (χ1n) is 6.54. The molecule has 2 N–H and O–H groups in total. The number of thiophene rings is 1. The Balaban J connectivity index is 1.77. The summed E-state index contributed by atoms with van der Waals surface area (Å²) in [5.74, 6) is 1.30. The molecule has 2 heteroatoms. The van der Waals surface area contributed by atoms with Gasteiger partial charge in [-0.05, 0) is 49.3 Å². The highest BCUT2D eigenvalue weighted by molar-refractivity contribution is 7.12. The minimum Gasteiger partial charge on any atom is -0.323 e. The van der Waals surface area contributed by atoms with Crippen molar-refractivity contribution in [1.29, 1.82) is 0 Å². The number of aryl methyl sites for hydroxylation is 2. The van der Waals surface area contributed by atoms with E-state index in [0.29, 0.717) is 11.8 Å². The smallest absolute Gasteiger partial charge is 0.0427 e. The van der Waals surface area contributed by atoms with E-state index in [1.807, 2.05) is 11.3 Å². The fourth-order valence-corrected chi connectivity index (χ4v) is 3.99. The molecule has 1 nitrogen and oxygen atoms in total. The number of hydrogen-bond donors (Lipinski definition) is 1. The van der Waals surface area contributed by atoms with E-state index in [1.165, 1.54) is 27.3 Å². The van der Waals surface area contributed by atoms with E-state index >= 15 is 0 Å². The zero-order valence-electron chi connectivity index (χ0n) is 10.9. The van der Waals surface area contributed by atoms with Crippen LogP contribution in [0.25, 0.3) is 0 Å². The van der Waals surface area contributed by atoms with Gasteiger partial charge in [0.2, 0.25) is 0 Å². The molecule has 1 aromatic carbocycles. The minimum absolute atomic E-state index is 0.217. The highest BCUT2D eigenvalue weighted by Crippen LogP contribution is 2.54. The van der Waals surface area contributed by atoms with E-state index in [1.54, 1.807) is 0 Å². The van der Waals surface area contributed by atoms with Crippen molar-refractivity contribution in [1.82, 2.24) is 0 Å². The largest absolute Gasteiger partial charge is 0.323 e. The van der Waals surface area contributed by atoms with Gasteiger partial charge in [0.15, 0.2) is 0 Å². The molecule has 18 heavy (non-hydrogen) atoms. The Morgan fingerprint density at radius 2 is 1.94 bits per heavy atom. The van der Waals surface area contributed by atoms with Gasteiger partial charge in [0.05, 0.1) is 0 Å². The monoisotopic (exact) mass is 257 g/mol. The van der Waals surface area contributed by atoms with Gasteiger partial charge in [0.25, 0.3) is 0 Å². The van der Waals surface area contributed by atoms with Crippen LogP contribution in [0.15, 0.2) is 36.4 Å². The molecule has 0 amide bonds. The molecule has 1 aliphatic rings. The van der Waals surface area contributed by atoms with Gasteiger partial charge < -0.3 is 5.73 Å². The van der Waals surface area contributed by atoms with Crippen LogP contribution in [0.4, 0.5) is 0 Å². The third kappa shape index (κ3) is 2.11. The standard InChI is InChI=1S/C16H19NS/c1-10-8-11(2)18-16(10)15(17)14-9-13(14)12-6-4-3-5-7-12/h3-8,13-15H,9,17H2,1-2H3. The van der Waals surface area contributed by atoms with Gasteiger partial charge in [-0.1, -0.05) is 30.3 Å². The Labute approximate surface area is 113 Å². The number of benzene rings is 1. The average Bonchev–Trinajstić information content (AvgIpc) is 3.10. The van der Waals surface area contributed by atoms with Crippen LogP contribution in [-0.2, 0) is 0 Å². The molecule has 1 aliphatic carbocycles. The lowest BCUT2D eigenvalue weighted by atomic mass is 10.0. The molecule has 94 valence electrons. The summed E-state index contributed by atoms with van der Waals surface area (Å²) in [5.41, 5.74) is 9.27. The van der Waals surface area contributed by atoms with E-state index in [-0.39, 0.29) is 6.04 Å². The molecule has 0 spiro atoms. The lowest BCUT2D eigenvalue weighted by molar-refractivity contribution is 0.623. The second-order valence-electron chi connectivity index (χ2n) is 5.35. The van der Waals surface area contributed by atoms with Crippen molar-refractivity contribution in [2.24, 2.45) is 11.7 Å². The first-order chi connectivity index (χ1) is 8.66. The van der Waals surface area contributed by atoms with Gasteiger partial charge in [-0.25, -0.2) is 0 Å². The Bertz CT molecular complexity index is 543. The molecule has 3 rings (SSSR count). The van der Waals surface area contributed by atoms with Crippen molar-refractivity contribution in [3.05, 3.63) is 57.3 Å². The molecule has 1 heterocycles. The maximum Gasteiger partial charge on any atom is 0.0427 e. The molecule has 1 saturated carbocycles. The molecule has 0 bridgehead atoms. The lowest BCUT2D eigenvalue weighted by Crippen LogP contribution is -2.12. The van der Waals surface area contributed by atoms with Gasteiger partial charge >= 0.3 is 0 Å². The van der Waals surface area contributed by atoms with Crippen LogP contribution in [0, 0.1) is 19.8 Å². The molecule has 3 atom stereocenters. The van der Waals surface area contributed by atoms with Crippen LogP contribution < -0.4 is 5.73 Å². The summed E-state index contributed by atoms with van der Waals surface area (Å²) >= 11 is 1.86. The molecule has 0 radical (unpaired) electrons. The summed E-state index contributed by atoms with van der Waals surface area (Å²) in [7, 11) is 0. The SMILES string of the molecule is Cc1cc(C)c(C(N)C2CC2c2ccccc2)s1. The molecule has 2 aromatic rings. The number of rotatable bonds is 3. The van der Waals surface area contributed by atoms with Crippen molar-refractivity contribution in [3.8, 4) is 0 Å². The molecular formula is C16H19NS. The van der Waals surface area contributed by atoms with Crippen LogP contribution in [0.2, 0.25) is 0 Å². The third-order valence-electron chi connectivity index (χ3n) is 3.91. The fraction of sp³-hybridized carbons (Fsp3) is 0.375. The summed E-state index contributed by atoms with van der Waals surface area (Å²) in [6.07, 6.45) is 1.24. The molecule has 3 unspecified atom stereocenters. The Morgan fingerprint density at radius 3 is 2.56 bits per heavy atom. The highest BCUT2D eigenvalue weighted by atomic mass is 32.1. The molecule has 0 saturated heterocycles. The maximum atomic E-state index is 6.45. The molecule has 0 aliphatic heterocycles. The normalized spacial score (nSPS) is 23.9. The van der Waals surface area contributed by atoms with E-state index in [0.717, 1.165) is 0 Å². The van der Waals surface area contributed by atoms with Gasteiger partial charge in [-0.2, -0.15) is 0 Å². The molecule has 1 aromatic heterocycles. The summed E-state index contributed by atoms with van der Waals surface area (Å²) in [6.45, 7) is 4.34. The fourth-order valence-electron chi connectivity index (χ4n) is 2.88. The predicted molar refractivity (Wildman–Crippen MR) is 78.0 cm³/mol. The van der Waals surface area contributed by atoms with Crippen molar-refractivity contribution in [3.63, 3.8) is 0 Å². The van der Waals surface area contributed by atoms with Gasteiger partial charge in [0, 0.05) is 15.8 Å². The second kappa shape index (κ2) is 4.52. The number of hydrogen-bond acceptors (Lipinski definition) is 2. The van der Waals surface area contributed by atoms with Crippen molar-refractivity contribution in [2.45, 2.75) is 32.2 Å². The van der Waals surface area contributed by atoms with Crippen LogP contribution in [0.5, 0.6) is 0 Å². The lowest BCUT2D eigenvalue weighted by Gasteiger charge is -2.11. The van der Waals surface area contributed by atoms with Gasteiger partial charge in [0.1, 0.15) is 0 Å².